The van der Waals surface area contributed by atoms with E-state index in [2.05, 4.69) is 30.6 Å². The van der Waals surface area contributed by atoms with Gasteiger partial charge in [0.05, 0.1) is 35.9 Å². The Hall–Kier alpha value is -5.29. The first-order valence-electron chi connectivity index (χ1n) is 15.5. The zero-order valence-corrected chi connectivity index (χ0v) is 25.0. The third-order valence-corrected chi connectivity index (χ3v) is 8.87. The number of hydrogen-bond acceptors (Lipinski definition) is 5. The number of carbonyl (C=O) groups is 2. The Balaban J connectivity index is 1.06. The molecule has 5 N–H and O–H groups in total. The predicted molar refractivity (Wildman–Crippen MR) is 171 cm³/mol. The molecular weight excluding hydrogens is 585 g/mol. The normalized spacial score (nSPS) is 18.5. The molecule has 2 aliphatic heterocycles. The van der Waals surface area contributed by atoms with Crippen LogP contribution < -0.4 is 10.6 Å². The largest absolute Gasteiger partial charge is 0.465 e. The van der Waals surface area contributed by atoms with Gasteiger partial charge in [0.25, 0.3) is 5.91 Å². The molecule has 4 heterocycles. The van der Waals surface area contributed by atoms with E-state index < -0.39 is 12.1 Å². The summed E-state index contributed by atoms with van der Waals surface area (Å²) in [5, 5.41) is 15.2. The fourth-order valence-corrected chi connectivity index (χ4v) is 6.51. The van der Waals surface area contributed by atoms with Crippen molar-refractivity contribution in [1.29, 1.82) is 0 Å². The highest BCUT2D eigenvalue weighted by molar-refractivity contribution is 5.87. The molecule has 10 nitrogen and oxygen atoms in total. The summed E-state index contributed by atoms with van der Waals surface area (Å²) >= 11 is 0. The van der Waals surface area contributed by atoms with Crippen molar-refractivity contribution in [3.8, 4) is 33.6 Å². The van der Waals surface area contributed by atoms with Crippen molar-refractivity contribution in [1.82, 2.24) is 35.5 Å². The van der Waals surface area contributed by atoms with E-state index in [1.807, 2.05) is 36.4 Å². The Morgan fingerprint density at radius 1 is 0.870 bits per heavy atom. The molecule has 0 aliphatic carbocycles. The number of nitrogens with zero attached hydrogens (tertiary/aromatic N) is 3. The number of amides is 2. The van der Waals surface area contributed by atoms with Crippen LogP contribution in [0, 0.1) is 5.82 Å². The van der Waals surface area contributed by atoms with Gasteiger partial charge in [0.15, 0.2) is 0 Å². The van der Waals surface area contributed by atoms with Crippen LogP contribution in [0.25, 0.3) is 33.6 Å². The van der Waals surface area contributed by atoms with Gasteiger partial charge in [-0.25, -0.2) is 19.2 Å². The maximum atomic E-state index is 15.3. The van der Waals surface area contributed by atoms with Crippen LogP contribution >= 0.6 is 0 Å². The summed E-state index contributed by atoms with van der Waals surface area (Å²) in [6.07, 6.45) is 5.79. The summed E-state index contributed by atoms with van der Waals surface area (Å²) in [5.74, 6) is 0.858. The zero-order chi connectivity index (χ0) is 31.6. The maximum Gasteiger partial charge on any atom is 0.405 e. The van der Waals surface area contributed by atoms with E-state index in [-0.39, 0.29) is 23.8 Å². The molecule has 0 saturated carbocycles. The third-order valence-electron chi connectivity index (χ3n) is 8.87. The minimum absolute atomic E-state index is 0.188. The molecule has 2 aromatic heterocycles. The third kappa shape index (κ3) is 5.89. The number of aromatic amines is 2. The maximum absolute atomic E-state index is 15.3. The molecule has 7 rings (SSSR count). The quantitative estimate of drug-likeness (QED) is 0.137. The van der Waals surface area contributed by atoms with Gasteiger partial charge < -0.3 is 30.6 Å². The first-order chi connectivity index (χ1) is 22.4. The van der Waals surface area contributed by atoms with E-state index in [4.69, 9.17) is 0 Å². The molecule has 0 radical (unpaired) electrons. The lowest BCUT2D eigenvalue weighted by Gasteiger charge is -2.28. The standard InChI is InChI=1S/C35H34FN7O3/c36-26-18-24(14-15-25(26)29-20-38-32(41-29)27-8-4-16-37-27)21-10-12-22(13-11-21)28-19-39-33(40-28)30-9-5-17-43(30)34(44)31(42-35(45)46)23-6-2-1-3-7-23/h1-3,6-7,10-15,18-20,27,30-31,37,42H,4-5,8-9,16-17H2,(H,38,41)(H,39,40)(H,45,46)/t27-,30-,31+/m0/s1. The highest BCUT2D eigenvalue weighted by atomic mass is 19.1. The molecule has 2 aliphatic rings. The molecule has 234 valence electrons. The summed E-state index contributed by atoms with van der Waals surface area (Å²) in [7, 11) is 0. The minimum atomic E-state index is -1.26. The van der Waals surface area contributed by atoms with Gasteiger partial charge >= 0.3 is 6.09 Å². The van der Waals surface area contributed by atoms with Gasteiger partial charge in [-0.05, 0) is 66.6 Å². The zero-order valence-electron chi connectivity index (χ0n) is 25.0. The van der Waals surface area contributed by atoms with E-state index in [1.165, 1.54) is 0 Å². The topological polar surface area (TPSA) is 139 Å². The lowest BCUT2D eigenvalue weighted by Crippen LogP contribution is -2.42. The van der Waals surface area contributed by atoms with Crippen LogP contribution in [-0.2, 0) is 4.79 Å². The van der Waals surface area contributed by atoms with E-state index in [9.17, 15) is 14.7 Å². The second-order valence-electron chi connectivity index (χ2n) is 11.8. The second-order valence-corrected chi connectivity index (χ2v) is 11.8. The Kier molecular flexibility index (Phi) is 8.06. The van der Waals surface area contributed by atoms with Crippen LogP contribution in [0.3, 0.4) is 0 Å². The van der Waals surface area contributed by atoms with Crippen molar-refractivity contribution in [3.63, 3.8) is 0 Å². The lowest BCUT2D eigenvalue weighted by molar-refractivity contribution is -0.134. The smallest absolute Gasteiger partial charge is 0.405 e. The molecule has 0 bridgehead atoms. The van der Waals surface area contributed by atoms with Crippen LogP contribution in [0.4, 0.5) is 9.18 Å². The number of halogens is 1. The van der Waals surface area contributed by atoms with E-state index >= 15 is 4.39 Å². The van der Waals surface area contributed by atoms with E-state index in [0.717, 1.165) is 54.0 Å². The molecule has 2 fully saturated rings. The lowest BCUT2D eigenvalue weighted by atomic mass is 10.0. The van der Waals surface area contributed by atoms with Crippen molar-refractivity contribution >= 4 is 12.0 Å². The van der Waals surface area contributed by atoms with Crippen LogP contribution in [0.2, 0.25) is 0 Å². The van der Waals surface area contributed by atoms with E-state index in [0.29, 0.717) is 35.6 Å². The average molecular weight is 620 g/mol. The number of nitrogens with one attached hydrogen (secondary N) is 4. The average Bonchev–Trinajstić information content (AvgIpc) is 3.90. The first kappa shape index (κ1) is 29.4. The van der Waals surface area contributed by atoms with Crippen molar-refractivity contribution in [2.75, 3.05) is 13.1 Å². The fraction of sp³-hybridized carbons (Fsp3) is 0.257. The van der Waals surface area contributed by atoms with Gasteiger partial charge in [0.2, 0.25) is 0 Å². The highest BCUT2D eigenvalue weighted by Crippen LogP contribution is 2.35. The van der Waals surface area contributed by atoms with E-state index in [1.54, 1.807) is 53.7 Å². The monoisotopic (exact) mass is 619 g/mol. The van der Waals surface area contributed by atoms with Gasteiger partial charge in [0.1, 0.15) is 23.5 Å². The van der Waals surface area contributed by atoms with Crippen LogP contribution in [0.1, 0.15) is 61.0 Å². The SMILES string of the molecule is O=C(O)N[C@@H](C(=O)N1CCC[C@H]1c1ncc(-c2ccc(-c3ccc(-c4cnc([C@@H]5CCCN5)[nH]4)c(F)c3)cc2)[nH]1)c1ccccc1. The molecule has 46 heavy (non-hydrogen) atoms. The van der Waals surface area contributed by atoms with Crippen LogP contribution in [0.15, 0.2) is 85.2 Å². The Morgan fingerprint density at radius 3 is 2.33 bits per heavy atom. The molecule has 2 saturated heterocycles. The van der Waals surface area contributed by atoms with Gasteiger partial charge in [0, 0.05) is 12.1 Å². The Morgan fingerprint density at radius 2 is 1.59 bits per heavy atom. The number of hydrogen-bond donors (Lipinski definition) is 5. The van der Waals surface area contributed by atoms with Crippen molar-refractivity contribution in [3.05, 3.63) is 108 Å². The number of H-pyrrole nitrogens is 2. The molecule has 11 heteroatoms. The van der Waals surface area contributed by atoms with Gasteiger partial charge in [-0.2, -0.15) is 0 Å². The van der Waals surface area contributed by atoms with Gasteiger partial charge in [-0.1, -0.05) is 60.7 Å². The molecule has 3 atom stereocenters. The number of aromatic nitrogens is 4. The number of imidazole rings is 2. The molecule has 0 spiro atoms. The minimum Gasteiger partial charge on any atom is -0.465 e. The Bertz CT molecular complexity index is 1850. The van der Waals surface area contributed by atoms with Crippen molar-refractivity contribution < 1.29 is 19.1 Å². The second kappa shape index (κ2) is 12.6. The number of rotatable bonds is 8. The van der Waals surface area contributed by atoms with Gasteiger partial charge in [-0.15, -0.1) is 0 Å². The summed E-state index contributed by atoms with van der Waals surface area (Å²) in [6.45, 7) is 1.47. The molecule has 3 aromatic carbocycles. The fourth-order valence-electron chi connectivity index (χ4n) is 6.51. The highest BCUT2D eigenvalue weighted by Gasteiger charge is 2.37. The van der Waals surface area contributed by atoms with Gasteiger partial charge in [-0.3, -0.25) is 4.79 Å². The molecule has 0 unspecified atom stereocenters. The molecule has 5 aromatic rings. The first-order valence-corrected chi connectivity index (χ1v) is 15.5. The number of likely N-dealkylation sites (tertiary alicyclic amines) is 1. The Labute approximate surface area is 265 Å². The number of benzene rings is 3. The van der Waals surface area contributed by atoms with Crippen molar-refractivity contribution in [2.24, 2.45) is 0 Å². The molecule has 2 amide bonds. The van der Waals surface area contributed by atoms with Crippen LogP contribution in [-0.4, -0.2) is 55.0 Å². The summed E-state index contributed by atoms with van der Waals surface area (Å²) in [6, 6.07) is 20.8. The summed E-state index contributed by atoms with van der Waals surface area (Å²) < 4.78 is 15.3. The number of carbonyl (C=O) groups excluding carboxylic acids is 1. The van der Waals surface area contributed by atoms with Crippen molar-refractivity contribution in [2.45, 2.75) is 43.8 Å². The van der Waals surface area contributed by atoms with Crippen LogP contribution in [0.5, 0.6) is 0 Å². The predicted octanol–water partition coefficient (Wildman–Crippen LogP) is 6.37. The summed E-state index contributed by atoms with van der Waals surface area (Å²) in [4.78, 5) is 42.6. The molecular formula is C35H34FN7O3. The number of carboxylic acid groups (broad SMARTS) is 1. The summed E-state index contributed by atoms with van der Waals surface area (Å²) in [5.41, 5.74) is 5.05.